The molecule has 0 aromatic heterocycles. The van der Waals surface area contributed by atoms with Crippen molar-refractivity contribution < 1.29 is 14.9 Å². The van der Waals surface area contributed by atoms with Gasteiger partial charge in [-0.2, -0.15) is 11.8 Å². The average molecular weight is 208 g/mol. The van der Waals surface area contributed by atoms with Gasteiger partial charge in [0.15, 0.2) is 0 Å². The van der Waals surface area contributed by atoms with Crippen LogP contribution in [0.25, 0.3) is 0 Å². The Kier molecular flexibility index (Phi) is 8.97. The van der Waals surface area contributed by atoms with E-state index in [2.05, 4.69) is 13.8 Å². The molecule has 0 radical (unpaired) electrons. The number of rotatable bonds is 8. The third-order valence-corrected chi connectivity index (χ3v) is 2.42. The first-order valence-electron chi connectivity index (χ1n) is 4.61. The van der Waals surface area contributed by atoms with Crippen molar-refractivity contribution in [1.82, 2.24) is 0 Å². The summed E-state index contributed by atoms with van der Waals surface area (Å²) in [5.41, 5.74) is 0. The van der Waals surface area contributed by atoms with E-state index in [1.54, 1.807) is 11.8 Å². The number of hydrogen-bond acceptors (Lipinski definition) is 4. The lowest BCUT2D eigenvalue weighted by atomic mass is 10.2. The molecular formula is C9H20O3S. The first-order valence-corrected chi connectivity index (χ1v) is 5.76. The molecule has 0 aromatic carbocycles. The Morgan fingerprint density at radius 2 is 2.08 bits per heavy atom. The van der Waals surface area contributed by atoms with Crippen LogP contribution in [0.2, 0.25) is 0 Å². The van der Waals surface area contributed by atoms with Gasteiger partial charge in [0.1, 0.15) is 0 Å². The fraction of sp³-hybridized carbons (Fsp3) is 1.00. The predicted octanol–water partition coefficient (Wildman–Crippen LogP) is 0.745. The summed E-state index contributed by atoms with van der Waals surface area (Å²) in [5, 5.41) is 17.5. The normalized spacial score (nSPS) is 13.6. The summed E-state index contributed by atoms with van der Waals surface area (Å²) in [6.07, 6.45) is -0.588. The second kappa shape index (κ2) is 8.81. The van der Waals surface area contributed by atoms with Crippen molar-refractivity contribution in [2.75, 3.05) is 31.3 Å². The van der Waals surface area contributed by atoms with Crippen LogP contribution >= 0.6 is 11.8 Å². The number of aliphatic hydroxyl groups is 2. The van der Waals surface area contributed by atoms with Crippen molar-refractivity contribution >= 4 is 11.8 Å². The minimum absolute atomic E-state index is 0.153. The van der Waals surface area contributed by atoms with Crippen LogP contribution in [0.1, 0.15) is 13.8 Å². The Hall–Kier alpha value is 0.230. The van der Waals surface area contributed by atoms with Gasteiger partial charge in [-0.15, -0.1) is 0 Å². The van der Waals surface area contributed by atoms with E-state index < -0.39 is 6.10 Å². The van der Waals surface area contributed by atoms with Crippen LogP contribution in [-0.2, 0) is 4.74 Å². The van der Waals surface area contributed by atoms with E-state index in [1.165, 1.54) is 0 Å². The molecule has 3 nitrogen and oxygen atoms in total. The molecule has 0 aliphatic carbocycles. The minimum Gasteiger partial charge on any atom is -0.394 e. The third-order valence-electron chi connectivity index (χ3n) is 1.34. The zero-order valence-corrected chi connectivity index (χ0v) is 9.22. The van der Waals surface area contributed by atoms with Gasteiger partial charge < -0.3 is 14.9 Å². The Bertz CT molecular complexity index is 109. The lowest BCUT2D eigenvalue weighted by Crippen LogP contribution is -2.15. The van der Waals surface area contributed by atoms with Gasteiger partial charge in [0.05, 0.1) is 19.3 Å². The molecular weight excluding hydrogens is 188 g/mol. The largest absolute Gasteiger partial charge is 0.394 e. The van der Waals surface area contributed by atoms with Crippen LogP contribution < -0.4 is 0 Å². The molecule has 0 saturated heterocycles. The molecule has 0 spiro atoms. The molecule has 80 valence electrons. The second-order valence-electron chi connectivity index (χ2n) is 3.38. The van der Waals surface area contributed by atoms with Crippen molar-refractivity contribution in [3.63, 3.8) is 0 Å². The molecule has 1 unspecified atom stereocenters. The van der Waals surface area contributed by atoms with Crippen LogP contribution in [-0.4, -0.2) is 47.6 Å². The van der Waals surface area contributed by atoms with E-state index in [-0.39, 0.29) is 6.61 Å². The van der Waals surface area contributed by atoms with E-state index in [9.17, 15) is 0 Å². The Labute approximate surface area is 84.5 Å². The molecule has 0 fully saturated rings. The molecule has 2 N–H and O–H groups in total. The quantitative estimate of drug-likeness (QED) is 0.578. The number of thioether (sulfide) groups is 1. The minimum atomic E-state index is -0.588. The molecule has 0 saturated carbocycles. The van der Waals surface area contributed by atoms with Gasteiger partial charge in [0, 0.05) is 18.1 Å². The van der Waals surface area contributed by atoms with Crippen molar-refractivity contribution in [2.45, 2.75) is 20.0 Å². The number of hydrogen-bond donors (Lipinski definition) is 2. The summed E-state index contributed by atoms with van der Waals surface area (Å²) in [6.45, 7) is 5.59. The number of aliphatic hydroxyl groups excluding tert-OH is 2. The summed E-state index contributed by atoms with van der Waals surface area (Å²) < 4.78 is 5.35. The standard InChI is InChI=1S/C9H20O3S/c1-8(2)6-12-3-4-13-7-9(11)5-10/h8-11H,3-7H2,1-2H3. The van der Waals surface area contributed by atoms with Gasteiger partial charge in [0.25, 0.3) is 0 Å². The van der Waals surface area contributed by atoms with E-state index in [0.29, 0.717) is 11.7 Å². The van der Waals surface area contributed by atoms with Crippen LogP contribution in [0, 0.1) is 5.92 Å². The molecule has 0 amide bonds. The van der Waals surface area contributed by atoms with E-state index in [4.69, 9.17) is 14.9 Å². The maximum absolute atomic E-state index is 8.99. The monoisotopic (exact) mass is 208 g/mol. The topological polar surface area (TPSA) is 49.7 Å². The molecule has 1 atom stereocenters. The third kappa shape index (κ3) is 10.1. The summed E-state index contributed by atoms with van der Waals surface area (Å²) in [7, 11) is 0. The van der Waals surface area contributed by atoms with Gasteiger partial charge in [0.2, 0.25) is 0 Å². The highest BCUT2D eigenvalue weighted by Gasteiger charge is 2.01. The first kappa shape index (κ1) is 13.2. The van der Waals surface area contributed by atoms with E-state index in [0.717, 1.165) is 19.0 Å². The highest BCUT2D eigenvalue weighted by atomic mass is 32.2. The molecule has 0 bridgehead atoms. The Balaban J connectivity index is 2.99. The van der Waals surface area contributed by atoms with Crippen molar-refractivity contribution in [3.8, 4) is 0 Å². The Morgan fingerprint density at radius 1 is 1.38 bits per heavy atom. The van der Waals surface area contributed by atoms with Crippen molar-refractivity contribution in [3.05, 3.63) is 0 Å². The molecule has 0 heterocycles. The molecule has 13 heavy (non-hydrogen) atoms. The van der Waals surface area contributed by atoms with Gasteiger partial charge in [-0.05, 0) is 5.92 Å². The molecule has 4 heteroatoms. The van der Waals surface area contributed by atoms with Gasteiger partial charge >= 0.3 is 0 Å². The summed E-state index contributed by atoms with van der Waals surface area (Å²) in [6, 6.07) is 0. The fourth-order valence-electron chi connectivity index (χ4n) is 0.709. The lowest BCUT2D eigenvalue weighted by Gasteiger charge is -2.08. The van der Waals surface area contributed by atoms with Crippen LogP contribution in [0.3, 0.4) is 0 Å². The average Bonchev–Trinajstić information content (AvgIpc) is 2.10. The smallest absolute Gasteiger partial charge is 0.0861 e. The molecule has 0 aromatic rings. The van der Waals surface area contributed by atoms with Gasteiger partial charge in [-0.3, -0.25) is 0 Å². The maximum Gasteiger partial charge on any atom is 0.0861 e. The highest BCUT2D eigenvalue weighted by Crippen LogP contribution is 2.03. The van der Waals surface area contributed by atoms with Crippen molar-refractivity contribution in [1.29, 1.82) is 0 Å². The molecule has 0 rings (SSSR count). The summed E-state index contributed by atoms with van der Waals surface area (Å²) >= 11 is 1.60. The SMILES string of the molecule is CC(C)COCCSCC(O)CO. The zero-order valence-electron chi connectivity index (χ0n) is 8.40. The molecule has 0 aliphatic heterocycles. The van der Waals surface area contributed by atoms with E-state index >= 15 is 0 Å². The highest BCUT2D eigenvalue weighted by molar-refractivity contribution is 7.99. The van der Waals surface area contributed by atoms with Crippen LogP contribution in [0.4, 0.5) is 0 Å². The molecule has 0 aliphatic rings. The number of ether oxygens (including phenoxy) is 1. The second-order valence-corrected chi connectivity index (χ2v) is 4.53. The van der Waals surface area contributed by atoms with Crippen LogP contribution in [0.15, 0.2) is 0 Å². The van der Waals surface area contributed by atoms with E-state index in [1.807, 2.05) is 0 Å². The lowest BCUT2D eigenvalue weighted by molar-refractivity contribution is 0.112. The maximum atomic E-state index is 8.99. The van der Waals surface area contributed by atoms with Gasteiger partial charge in [-0.25, -0.2) is 0 Å². The fourth-order valence-corrected chi connectivity index (χ4v) is 1.49. The first-order chi connectivity index (χ1) is 6.16. The van der Waals surface area contributed by atoms with Gasteiger partial charge in [-0.1, -0.05) is 13.8 Å². The zero-order chi connectivity index (χ0) is 10.1. The van der Waals surface area contributed by atoms with Crippen molar-refractivity contribution in [2.24, 2.45) is 5.92 Å². The Morgan fingerprint density at radius 3 is 2.62 bits per heavy atom. The predicted molar refractivity (Wildman–Crippen MR) is 56.1 cm³/mol. The van der Waals surface area contributed by atoms with Crippen LogP contribution in [0.5, 0.6) is 0 Å². The summed E-state index contributed by atoms with van der Waals surface area (Å²) in [5.74, 6) is 2.04. The summed E-state index contributed by atoms with van der Waals surface area (Å²) in [4.78, 5) is 0.